The molecule has 148 valence electrons. The van der Waals surface area contributed by atoms with Gasteiger partial charge in [0.05, 0.1) is 0 Å². The maximum atomic E-state index is 12.2. The molecule has 0 aliphatic heterocycles. The van der Waals surface area contributed by atoms with E-state index in [0.29, 0.717) is 5.75 Å². The van der Waals surface area contributed by atoms with Gasteiger partial charge in [-0.05, 0) is 35.3 Å². The lowest BCUT2D eigenvalue weighted by Gasteiger charge is -2.15. The van der Waals surface area contributed by atoms with Crippen LogP contribution in [0.1, 0.15) is 0 Å². The number of hydrazine groups is 1. The lowest BCUT2D eigenvalue weighted by atomic mass is 10.0. The summed E-state index contributed by atoms with van der Waals surface area (Å²) in [6.45, 7) is 0. The number of rotatable bonds is 3. The molecule has 6 heteroatoms. The van der Waals surface area contributed by atoms with E-state index in [1.165, 1.54) is 0 Å². The van der Waals surface area contributed by atoms with Crippen molar-refractivity contribution in [3.8, 4) is 16.9 Å². The number of nitrogens with one attached hydrogen (secondary N) is 3. The number of thiocarbonyl (C=S) groups is 1. The number of benzene rings is 4. The molecule has 0 saturated carbocycles. The topological polar surface area (TPSA) is 62.4 Å². The summed E-state index contributed by atoms with van der Waals surface area (Å²) in [6, 6.07) is 31.0. The van der Waals surface area contributed by atoms with Gasteiger partial charge in [0.2, 0.25) is 0 Å². The van der Waals surface area contributed by atoms with Crippen molar-refractivity contribution in [1.29, 1.82) is 0 Å². The highest BCUT2D eigenvalue weighted by atomic mass is 32.1. The van der Waals surface area contributed by atoms with Gasteiger partial charge in [0.1, 0.15) is 5.75 Å². The van der Waals surface area contributed by atoms with Crippen molar-refractivity contribution < 1.29 is 9.53 Å². The van der Waals surface area contributed by atoms with Gasteiger partial charge in [-0.2, -0.15) is 0 Å². The minimum atomic E-state index is -0.660. The van der Waals surface area contributed by atoms with Crippen LogP contribution < -0.4 is 20.9 Å². The van der Waals surface area contributed by atoms with Crippen LogP contribution in [0.2, 0.25) is 0 Å². The van der Waals surface area contributed by atoms with Gasteiger partial charge in [0.25, 0.3) is 0 Å². The molecule has 3 N–H and O–H groups in total. The molecule has 0 heterocycles. The molecule has 5 nitrogen and oxygen atoms in total. The molecular formula is C24H19N3O2S. The summed E-state index contributed by atoms with van der Waals surface area (Å²) in [6.07, 6.45) is -0.660. The molecule has 0 atom stereocenters. The summed E-state index contributed by atoms with van der Waals surface area (Å²) >= 11 is 5.31. The maximum Gasteiger partial charge on any atom is 0.431 e. The fourth-order valence-corrected chi connectivity index (χ4v) is 3.29. The van der Waals surface area contributed by atoms with E-state index in [2.05, 4.69) is 16.2 Å². The first-order valence-corrected chi connectivity index (χ1v) is 9.78. The zero-order valence-corrected chi connectivity index (χ0v) is 16.8. The average Bonchev–Trinajstić information content (AvgIpc) is 2.79. The molecular weight excluding hydrogens is 394 g/mol. The van der Waals surface area contributed by atoms with Crippen molar-refractivity contribution >= 4 is 39.9 Å². The third-order valence-electron chi connectivity index (χ3n) is 4.49. The third-order valence-corrected chi connectivity index (χ3v) is 4.69. The minimum Gasteiger partial charge on any atom is -0.408 e. The molecule has 1 amide bonds. The Morgan fingerprint density at radius 3 is 2.30 bits per heavy atom. The number of ether oxygens (including phenoxy) is 1. The second-order valence-electron chi connectivity index (χ2n) is 6.48. The molecule has 0 aromatic heterocycles. The van der Waals surface area contributed by atoms with E-state index < -0.39 is 6.09 Å². The summed E-state index contributed by atoms with van der Waals surface area (Å²) in [5.74, 6) is 0.473. The summed E-state index contributed by atoms with van der Waals surface area (Å²) in [5, 5.41) is 5.20. The summed E-state index contributed by atoms with van der Waals surface area (Å²) in [7, 11) is 0. The van der Waals surface area contributed by atoms with Crippen molar-refractivity contribution in [1.82, 2.24) is 10.9 Å². The predicted molar refractivity (Wildman–Crippen MR) is 124 cm³/mol. The predicted octanol–water partition coefficient (Wildman–Crippen LogP) is 5.50. The van der Waals surface area contributed by atoms with E-state index in [-0.39, 0.29) is 5.11 Å². The molecule has 0 unspecified atom stereocenters. The van der Waals surface area contributed by atoms with Gasteiger partial charge in [-0.1, -0.05) is 84.9 Å². The van der Waals surface area contributed by atoms with Gasteiger partial charge in [-0.3, -0.25) is 5.43 Å². The molecule has 0 aliphatic rings. The van der Waals surface area contributed by atoms with Gasteiger partial charge >= 0.3 is 6.09 Å². The van der Waals surface area contributed by atoms with E-state index in [9.17, 15) is 4.79 Å². The van der Waals surface area contributed by atoms with Crippen LogP contribution in [0.25, 0.3) is 21.9 Å². The first-order chi connectivity index (χ1) is 14.7. The number of hydrogen-bond donors (Lipinski definition) is 3. The highest BCUT2D eigenvalue weighted by molar-refractivity contribution is 7.80. The Hall–Kier alpha value is -3.90. The standard InChI is InChI=1S/C24H19N3O2S/c28-24(29-22-16-8-12-18-11-4-5-14-20(18)22)27-26-23(30)25-21-15-7-6-13-19(21)17-9-2-1-3-10-17/h1-16H,(H,27,28)(H2,25,26,30). The highest BCUT2D eigenvalue weighted by Gasteiger charge is 2.09. The van der Waals surface area contributed by atoms with Gasteiger partial charge in [-0.15, -0.1) is 0 Å². The summed E-state index contributed by atoms with van der Waals surface area (Å²) in [5.41, 5.74) is 8.02. The molecule has 0 saturated heterocycles. The number of amides is 1. The van der Waals surface area contributed by atoms with E-state index in [0.717, 1.165) is 27.6 Å². The lowest BCUT2D eigenvalue weighted by molar-refractivity contribution is 0.199. The number of para-hydroxylation sites is 1. The number of anilines is 1. The minimum absolute atomic E-state index is 0.244. The van der Waals surface area contributed by atoms with E-state index in [1.54, 1.807) is 6.07 Å². The Balaban J connectivity index is 1.38. The Morgan fingerprint density at radius 1 is 0.733 bits per heavy atom. The van der Waals surface area contributed by atoms with Crippen molar-refractivity contribution in [2.45, 2.75) is 0 Å². The van der Waals surface area contributed by atoms with Crippen molar-refractivity contribution in [3.05, 3.63) is 97.1 Å². The van der Waals surface area contributed by atoms with E-state index in [1.807, 2.05) is 91.0 Å². The first-order valence-electron chi connectivity index (χ1n) is 9.38. The molecule has 4 aromatic carbocycles. The van der Waals surface area contributed by atoms with Crippen molar-refractivity contribution in [2.24, 2.45) is 0 Å². The largest absolute Gasteiger partial charge is 0.431 e. The first kappa shape index (κ1) is 19.4. The molecule has 0 aliphatic carbocycles. The number of hydrogen-bond acceptors (Lipinski definition) is 3. The fraction of sp³-hybridized carbons (Fsp3) is 0. The average molecular weight is 414 g/mol. The zero-order valence-electron chi connectivity index (χ0n) is 16.0. The van der Waals surface area contributed by atoms with Gasteiger partial charge in [0, 0.05) is 16.6 Å². The second kappa shape index (κ2) is 9.07. The normalized spacial score (nSPS) is 10.3. The quantitative estimate of drug-likeness (QED) is 0.306. The molecule has 0 spiro atoms. The van der Waals surface area contributed by atoms with Crippen LogP contribution in [0.5, 0.6) is 5.75 Å². The molecule has 4 rings (SSSR count). The molecule has 0 radical (unpaired) electrons. The molecule has 0 fully saturated rings. The summed E-state index contributed by atoms with van der Waals surface area (Å²) < 4.78 is 5.42. The van der Waals surface area contributed by atoms with Crippen molar-refractivity contribution in [2.75, 3.05) is 5.32 Å². The molecule has 0 bridgehead atoms. The summed E-state index contributed by atoms with van der Waals surface area (Å²) in [4.78, 5) is 12.2. The zero-order chi connectivity index (χ0) is 20.8. The SMILES string of the molecule is O=C(NNC(=S)Nc1ccccc1-c1ccccc1)Oc1cccc2ccccc12. The maximum absolute atomic E-state index is 12.2. The Morgan fingerprint density at radius 2 is 1.43 bits per heavy atom. The fourth-order valence-electron chi connectivity index (χ4n) is 3.13. The van der Waals surface area contributed by atoms with E-state index in [4.69, 9.17) is 17.0 Å². The van der Waals surface area contributed by atoms with Gasteiger partial charge in [-0.25, -0.2) is 10.2 Å². The van der Waals surface area contributed by atoms with Crippen LogP contribution in [0.15, 0.2) is 97.1 Å². The Kier molecular flexibility index (Phi) is 5.87. The highest BCUT2D eigenvalue weighted by Crippen LogP contribution is 2.27. The van der Waals surface area contributed by atoms with Crippen LogP contribution in [0.4, 0.5) is 10.5 Å². The lowest BCUT2D eigenvalue weighted by Crippen LogP contribution is -2.45. The Bertz CT molecular complexity index is 1190. The van der Waals surface area contributed by atoms with Crippen LogP contribution in [0, 0.1) is 0 Å². The Labute approximate surface area is 179 Å². The second-order valence-corrected chi connectivity index (χ2v) is 6.89. The van der Waals surface area contributed by atoms with E-state index >= 15 is 0 Å². The smallest absolute Gasteiger partial charge is 0.408 e. The van der Waals surface area contributed by atoms with Crippen LogP contribution in [-0.4, -0.2) is 11.2 Å². The van der Waals surface area contributed by atoms with Crippen LogP contribution >= 0.6 is 12.2 Å². The monoisotopic (exact) mass is 413 g/mol. The van der Waals surface area contributed by atoms with Gasteiger partial charge < -0.3 is 10.1 Å². The van der Waals surface area contributed by atoms with Crippen LogP contribution in [-0.2, 0) is 0 Å². The molecule has 4 aromatic rings. The number of carbonyl (C=O) groups is 1. The molecule has 30 heavy (non-hydrogen) atoms. The number of carbonyl (C=O) groups excluding carboxylic acids is 1. The third kappa shape index (κ3) is 4.56. The van der Waals surface area contributed by atoms with Gasteiger partial charge in [0.15, 0.2) is 5.11 Å². The van der Waals surface area contributed by atoms with Crippen LogP contribution in [0.3, 0.4) is 0 Å². The number of fused-ring (bicyclic) bond motifs is 1. The van der Waals surface area contributed by atoms with Crippen molar-refractivity contribution in [3.63, 3.8) is 0 Å².